The lowest BCUT2D eigenvalue weighted by molar-refractivity contribution is 0.0982. The number of benzene rings is 1. The van der Waals surface area contributed by atoms with Gasteiger partial charge in [-0.2, -0.15) is 9.61 Å². The van der Waals surface area contributed by atoms with Gasteiger partial charge in [-0.3, -0.25) is 14.4 Å². The SMILES string of the molecule is Cc1nn(C2CC2)c2c1C(c1ccc(Cl)cc1)N(c1cc(N)c3nnc(C)n3n1)C2=O. The Hall–Kier alpha value is -3.46. The van der Waals surface area contributed by atoms with E-state index in [0.717, 1.165) is 29.7 Å². The fourth-order valence-electron chi connectivity index (χ4n) is 4.35. The molecule has 0 spiro atoms. The topological polar surface area (TPSA) is 107 Å². The van der Waals surface area contributed by atoms with Gasteiger partial charge in [0, 0.05) is 16.7 Å². The van der Waals surface area contributed by atoms with Gasteiger partial charge in [0.15, 0.2) is 11.6 Å². The Balaban J connectivity index is 1.59. The second-order valence-electron chi connectivity index (χ2n) is 8.09. The standard InChI is InChI=1S/C21H19ClN8O/c1-10-17-18(12-3-5-13(22)6-4-12)28(21(31)19(17)30(26-10)14-7-8-14)16-9-15(23)20-25-24-11(2)29(20)27-16/h3-6,9,14,18H,7-8,23H2,1-2H3. The van der Waals surface area contributed by atoms with E-state index in [1.165, 1.54) is 0 Å². The molecule has 9 nitrogen and oxygen atoms in total. The summed E-state index contributed by atoms with van der Waals surface area (Å²) in [5, 5.41) is 18.1. The molecule has 1 unspecified atom stereocenters. The second kappa shape index (κ2) is 6.27. The molecule has 4 heterocycles. The van der Waals surface area contributed by atoms with Crippen LogP contribution in [0, 0.1) is 13.8 Å². The lowest BCUT2D eigenvalue weighted by Gasteiger charge is -2.25. The molecular formula is C21H19ClN8O. The van der Waals surface area contributed by atoms with E-state index in [4.69, 9.17) is 22.4 Å². The zero-order chi connectivity index (χ0) is 21.4. The summed E-state index contributed by atoms with van der Waals surface area (Å²) in [5.74, 6) is 0.895. The molecule has 1 fully saturated rings. The number of amides is 1. The van der Waals surface area contributed by atoms with E-state index >= 15 is 0 Å². The van der Waals surface area contributed by atoms with Crippen LogP contribution in [0.2, 0.25) is 5.02 Å². The van der Waals surface area contributed by atoms with Crippen LogP contribution in [-0.2, 0) is 0 Å². The number of nitrogens with two attached hydrogens (primary N) is 1. The first-order chi connectivity index (χ1) is 14.9. The predicted octanol–water partition coefficient (Wildman–Crippen LogP) is 3.26. The van der Waals surface area contributed by atoms with Crippen LogP contribution >= 0.6 is 11.6 Å². The zero-order valence-electron chi connectivity index (χ0n) is 16.9. The maximum absolute atomic E-state index is 13.8. The zero-order valence-corrected chi connectivity index (χ0v) is 17.7. The summed E-state index contributed by atoms with van der Waals surface area (Å²) >= 11 is 6.13. The van der Waals surface area contributed by atoms with Gasteiger partial charge in [-0.25, -0.2) is 0 Å². The van der Waals surface area contributed by atoms with E-state index in [9.17, 15) is 4.79 Å². The summed E-state index contributed by atoms with van der Waals surface area (Å²) in [5.41, 5.74) is 10.4. The molecule has 2 aliphatic rings. The van der Waals surface area contributed by atoms with Gasteiger partial charge in [0.2, 0.25) is 5.65 Å². The van der Waals surface area contributed by atoms with Gasteiger partial charge < -0.3 is 5.73 Å². The Morgan fingerprint density at radius 3 is 2.55 bits per heavy atom. The van der Waals surface area contributed by atoms with Crippen LogP contribution in [0.15, 0.2) is 30.3 Å². The first-order valence-corrected chi connectivity index (χ1v) is 10.5. The maximum atomic E-state index is 13.8. The summed E-state index contributed by atoms with van der Waals surface area (Å²) in [6.07, 6.45) is 2.06. The highest BCUT2D eigenvalue weighted by Gasteiger charge is 2.46. The van der Waals surface area contributed by atoms with Gasteiger partial charge in [0.05, 0.1) is 23.5 Å². The molecule has 1 atom stereocenters. The van der Waals surface area contributed by atoms with E-state index in [1.54, 1.807) is 22.4 Å². The molecule has 0 saturated heterocycles. The van der Waals surface area contributed by atoms with Crippen molar-refractivity contribution in [3.63, 3.8) is 0 Å². The van der Waals surface area contributed by atoms with Gasteiger partial charge in [-0.15, -0.1) is 15.3 Å². The van der Waals surface area contributed by atoms with Crippen LogP contribution < -0.4 is 10.6 Å². The first kappa shape index (κ1) is 18.3. The number of carbonyl (C=O) groups is 1. The fourth-order valence-corrected chi connectivity index (χ4v) is 4.48. The third-order valence-corrected chi connectivity index (χ3v) is 6.20. The van der Waals surface area contributed by atoms with Gasteiger partial charge in [0.25, 0.3) is 5.91 Å². The Bertz CT molecular complexity index is 1370. The number of nitrogen functional groups attached to an aromatic ring is 1. The quantitative estimate of drug-likeness (QED) is 0.530. The van der Waals surface area contributed by atoms with E-state index < -0.39 is 0 Å². The average molecular weight is 435 g/mol. The second-order valence-corrected chi connectivity index (χ2v) is 8.53. The molecule has 4 aromatic rings. The Kier molecular flexibility index (Phi) is 3.71. The highest BCUT2D eigenvalue weighted by atomic mass is 35.5. The lowest BCUT2D eigenvalue weighted by atomic mass is 9.99. The Morgan fingerprint density at radius 1 is 1.10 bits per heavy atom. The molecule has 1 saturated carbocycles. The molecule has 31 heavy (non-hydrogen) atoms. The van der Waals surface area contributed by atoms with E-state index in [1.807, 2.05) is 35.9 Å². The van der Waals surface area contributed by atoms with Crippen LogP contribution in [0.1, 0.15) is 58.1 Å². The van der Waals surface area contributed by atoms with Crippen molar-refractivity contribution in [1.29, 1.82) is 0 Å². The number of nitrogens with zero attached hydrogens (tertiary/aromatic N) is 7. The first-order valence-electron chi connectivity index (χ1n) is 10.1. The molecule has 10 heteroatoms. The highest BCUT2D eigenvalue weighted by Crippen LogP contribution is 2.46. The minimum atomic E-state index is -0.381. The van der Waals surface area contributed by atoms with Crippen molar-refractivity contribution in [3.05, 3.63) is 63.7 Å². The molecular weight excluding hydrogens is 416 g/mol. The Morgan fingerprint density at radius 2 is 1.84 bits per heavy atom. The summed E-state index contributed by atoms with van der Waals surface area (Å²) in [4.78, 5) is 15.5. The third kappa shape index (κ3) is 2.59. The van der Waals surface area contributed by atoms with Crippen molar-refractivity contribution in [1.82, 2.24) is 29.6 Å². The number of hydrogen-bond acceptors (Lipinski definition) is 6. The van der Waals surface area contributed by atoms with E-state index in [-0.39, 0.29) is 18.0 Å². The summed E-state index contributed by atoms with van der Waals surface area (Å²) in [6, 6.07) is 9.09. The molecule has 1 aliphatic heterocycles. The van der Waals surface area contributed by atoms with Crippen molar-refractivity contribution < 1.29 is 4.79 Å². The van der Waals surface area contributed by atoms with Gasteiger partial charge in [-0.1, -0.05) is 23.7 Å². The number of fused-ring (bicyclic) bond motifs is 2. The van der Waals surface area contributed by atoms with Crippen molar-refractivity contribution in [2.45, 2.75) is 38.8 Å². The molecule has 0 bridgehead atoms. The monoisotopic (exact) mass is 434 g/mol. The highest BCUT2D eigenvalue weighted by molar-refractivity contribution is 6.30. The molecule has 1 amide bonds. The molecule has 2 N–H and O–H groups in total. The van der Waals surface area contributed by atoms with Crippen LogP contribution in [0.5, 0.6) is 0 Å². The number of halogens is 1. The van der Waals surface area contributed by atoms with Crippen molar-refractivity contribution in [2.24, 2.45) is 0 Å². The lowest BCUT2D eigenvalue weighted by Crippen LogP contribution is -2.31. The summed E-state index contributed by atoms with van der Waals surface area (Å²) < 4.78 is 3.46. The van der Waals surface area contributed by atoms with Gasteiger partial charge in [-0.05, 0) is 44.4 Å². The van der Waals surface area contributed by atoms with Gasteiger partial charge in [0.1, 0.15) is 5.69 Å². The molecule has 0 radical (unpaired) electrons. The van der Waals surface area contributed by atoms with E-state index in [0.29, 0.717) is 33.7 Å². The summed E-state index contributed by atoms with van der Waals surface area (Å²) in [7, 11) is 0. The average Bonchev–Trinajstić information content (AvgIpc) is 3.35. The molecule has 6 rings (SSSR count). The Labute approximate surface area is 182 Å². The van der Waals surface area contributed by atoms with Crippen molar-refractivity contribution >= 4 is 34.7 Å². The van der Waals surface area contributed by atoms with Crippen LogP contribution in [0.4, 0.5) is 11.5 Å². The largest absolute Gasteiger partial charge is 0.396 e. The predicted molar refractivity (Wildman–Crippen MR) is 115 cm³/mol. The van der Waals surface area contributed by atoms with Crippen molar-refractivity contribution in [3.8, 4) is 0 Å². The third-order valence-electron chi connectivity index (χ3n) is 5.95. The van der Waals surface area contributed by atoms with E-state index in [2.05, 4.69) is 15.3 Å². The van der Waals surface area contributed by atoms with Crippen LogP contribution in [-0.4, -0.2) is 35.5 Å². The molecule has 3 aromatic heterocycles. The van der Waals surface area contributed by atoms with Crippen LogP contribution in [0.25, 0.3) is 5.65 Å². The number of aromatic nitrogens is 6. The molecule has 1 aromatic carbocycles. The number of anilines is 2. The minimum Gasteiger partial charge on any atom is -0.396 e. The number of carbonyl (C=O) groups excluding carboxylic acids is 1. The number of aryl methyl sites for hydroxylation is 2. The number of rotatable bonds is 3. The number of hydrogen-bond donors (Lipinski definition) is 1. The fraction of sp³-hybridized carbons (Fsp3) is 0.286. The smallest absolute Gasteiger partial charge is 0.279 e. The summed E-state index contributed by atoms with van der Waals surface area (Å²) in [6.45, 7) is 3.74. The maximum Gasteiger partial charge on any atom is 0.279 e. The normalized spacial score (nSPS) is 18.2. The van der Waals surface area contributed by atoms with Gasteiger partial charge >= 0.3 is 0 Å². The minimum absolute atomic E-state index is 0.139. The molecule has 156 valence electrons. The molecule has 1 aliphatic carbocycles. The van der Waals surface area contributed by atoms with Crippen molar-refractivity contribution in [2.75, 3.05) is 10.6 Å². The van der Waals surface area contributed by atoms with Crippen LogP contribution in [0.3, 0.4) is 0 Å².